The van der Waals surface area contributed by atoms with E-state index in [1.807, 2.05) is 37.3 Å². The van der Waals surface area contributed by atoms with Crippen molar-refractivity contribution in [3.8, 4) is 0 Å². The fourth-order valence-electron chi connectivity index (χ4n) is 1.95. The van der Waals surface area contributed by atoms with Crippen LogP contribution in [0.5, 0.6) is 0 Å². The normalized spacial score (nSPS) is 11.2. The minimum Gasteiger partial charge on any atom is -0.322 e. The van der Waals surface area contributed by atoms with E-state index in [1.165, 1.54) is 5.56 Å². The van der Waals surface area contributed by atoms with Crippen molar-refractivity contribution in [2.24, 2.45) is 0 Å². The molecule has 2 aromatic rings. The number of hydrogen-bond acceptors (Lipinski definition) is 2. The van der Waals surface area contributed by atoms with Gasteiger partial charge in [-0.25, -0.2) is 0 Å². The quantitative estimate of drug-likeness (QED) is 0.896. The smallest absolute Gasteiger partial charge is 0.255 e. The van der Waals surface area contributed by atoms with E-state index in [1.54, 1.807) is 12.3 Å². The van der Waals surface area contributed by atoms with Crippen LogP contribution in [0.4, 0.5) is 5.69 Å². The van der Waals surface area contributed by atoms with Crippen molar-refractivity contribution in [2.45, 2.75) is 33.1 Å². The molecule has 0 saturated heterocycles. The molecule has 0 unspecified atom stereocenters. The molecule has 0 radical (unpaired) electrons. The van der Waals surface area contributed by atoms with E-state index in [0.29, 0.717) is 5.56 Å². The number of aromatic nitrogens is 1. The number of pyridine rings is 1. The fraction of sp³-hybridized carbons (Fsp3) is 0.294. The average Bonchev–Trinajstić information content (AvgIpc) is 2.38. The van der Waals surface area contributed by atoms with Gasteiger partial charge in [-0.05, 0) is 42.2 Å². The molecule has 1 amide bonds. The van der Waals surface area contributed by atoms with E-state index in [-0.39, 0.29) is 11.3 Å². The van der Waals surface area contributed by atoms with E-state index >= 15 is 0 Å². The van der Waals surface area contributed by atoms with Crippen molar-refractivity contribution in [3.63, 3.8) is 0 Å². The lowest BCUT2D eigenvalue weighted by Crippen LogP contribution is -2.14. The second-order valence-electron chi connectivity index (χ2n) is 5.97. The number of aryl methyl sites for hydroxylation is 1. The molecule has 20 heavy (non-hydrogen) atoms. The maximum atomic E-state index is 12.2. The minimum atomic E-state index is -0.101. The van der Waals surface area contributed by atoms with Gasteiger partial charge in [0, 0.05) is 23.1 Å². The molecular weight excluding hydrogens is 248 g/mol. The number of carbonyl (C=O) groups excluding carboxylic acids is 1. The van der Waals surface area contributed by atoms with E-state index < -0.39 is 0 Å². The maximum absolute atomic E-state index is 12.2. The number of anilines is 1. The van der Waals surface area contributed by atoms with Crippen LogP contribution in [0.3, 0.4) is 0 Å². The molecule has 3 heteroatoms. The Hall–Kier alpha value is -2.16. The van der Waals surface area contributed by atoms with E-state index in [2.05, 4.69) is 31.1 Å². The van der Waals surface area contributed by atoms with Gasteiger partial charge in [0.05, 0.1) is 0 Å². The van der Waals surface area contributed by atoms with Crippen LogP contribution in [0, 0.1) is 6.92 Å². The van der Waals surface area contributed by atoms with Gasteiger partial charge in [0.15, 0.2) is 0 Å². The summed E-state index contributed by atoms with van der Waals surface area (Å²) in [4.78, 5) is 16.3. The third-order valence-corrected chi connectivity index (χ3v) is 3.17. The minimum absolute atomic E-state index is 0.0945. The molecule has 2 rings (SSSR count). The van der Waals surface area contributed by atoms with Crippen LogP contribution in [-0.2, 0) is 5.41 Å². The second kappa shape index (κ2) is 5.45. The van der Waals surface area contributed by atoms with Crippen LogP contribution < -0.4 is 5.32 Å². The number of carbonyl (C=O) groups is 1. The number of nitrogens with one attached hydrogen (secondary N) is 1. The van der Waals surface area contributed by atoms with Crippen LogP contribution in [0.1, 0.15) is 42.4 Å². The van der Waals surface area contributed by atoms with E-state index in [9.17, 15) is 4.79 Å². The fourth-order valence-corrected chi connectivity index (χ4v) is 1.95. The topological polar surface area (TPSA) is 42.0 Å². The zero-order valence-corrected chi connectivity index (χ0v) is 12.4. The van der Waals surface area contributed by atoms with Gasteiger partial charge in [0.1, 0.15) is 0 Å². The van der Waals surface area contributed by atoms with Crippen molar-refractivity contribution < 1.29 is 4.79 Å². The highest BCUT2D eigenvalue weighted by Gasteiger charge is 2.14. The van der Waals surface area contributed by atoms with Gasteiger partial charge in [-0.1, -0.05) is 32.9 Å². The summed E-state index contributed by atoms with van der Waals surface area (Å²) in [5, 5.41) is 2.88. The van der Waals surface area contributed by atoms with Gasteiger partial charge in [-0.15, -0.1) is 0 Å². The third-order valence-electron chi connectivity index (χ3n) is 3.17. The lowest BCUT2D eigenvalue weighted by atomic mass is 9.87. The van der Waals surface area contributed by atoms with Crippen LogP contribution in [0.2, 0.25) is 0 Å². The first-order valence-electron chi connectivity index (χ1n) is 6.71. The zero-order chi connectivity index (χ0) is 14.8. The van der Waals surface area contributed by atoms with E-state index in [0.717, 1.165) is 11.4 Å². The predicted molar refractivity (Wildman–Crippen MR) is 82.1 cm³/mol. The average molecular weight is 268 g/mol. The Morgan fingerprint density at radius 3 is 2.30 bits per heavy atom. The Kier molecular flexibility index (Phi) is 3.89. The SMILES string of the molecule is Cc1cc(NC(=O)c2ccc(C(C)(C)C)cc2)ccn1. The van der Waals surface area contributed by atoms with Crippen molar-refractivity contribution in [1.82, 2.24) is 4.98 Å². The standard InChI is InChI=1S/C17H20N2O/c1-12-11-15(9-10-18-12)19-16(20)13-5-7-14(8-6-13)17(2,3)4/h5-11H,1-4H3,(H,18,19,20). The lowest BCUT2D eigenvalue weighted by Gasteiger charge is -2.19. The summed E-state index contributed by atoms with van der Waals surface area (Å²) in [6.07, 6.45) is 1.69. The highest BCUT2D eigenvalue weighted by molar-refractivity contribution is 6.04. The molecule has 1 aromatic carbocycles. The number of nitrogens with zero attached hydrogens (tertiary/aromatic N) is 1. The first kappa shape index (κ1) is 14.3. The van der Waals surface area contributed by atoms with Crippen LogP contribution in [0.25, 0.3) is 0 Å². The Balaban J connectivity index is 2.14. The Morgan fingerprint density at radius 1 is 1.10 bits per heavy atom. The number of amides is 1. The van der Waals surface area contributed by atoms with Gasteiger partial charge < -0.3 is 5.32 Å². The maximum Gasteiger partial charge on any atom is 0.255 e. The molecule has 0 bridgehead atoms. The molecular formula is C17H20N2O. The number of benzene rings is 1. The summed E-state index contributed by atoms with van der Waals surface area (Å²) in [6, 6.07) is 11.4. The molecule has 0 atom stereocenters. The molecule has 1 heterocycles. The van der Waals surface area contributed by atoms with Crippen molar-refractivity contribution in [3.05, 3.63) is 59.4 Å². The van der Waals surface area contributed by atoms with Gasteiger partial charge in [-0.2, -0.15) is 0 Å². The van der Waals surface area contributed by atoms with Gasteiger partial charge in [-0.3, -0.25) is 9.78 Å². The third kappa shape index (κ3) is 3.44. The molecule has 0 saturated carbocycles. The predicted octanol–water partition coefficient (Wildman–Crippen LogP) is 3.94. The Bertz CT molecular complexity index is 610. The zero-order valence-electron chi connectivity index (χ0n) is 12.4. The van der Waals surface area contributed by atoms with Crippen LogP contribution in [-0.4, -0.2) is 10.9 Å². The molecule has 1 N–H and O–H groups in total. The van der Waals surface area contributed by atoms with E-state index in [4.69, 9.17) is 0 Å². The first-order valence-corrected chi connectivity index (χ1v) is 6.71. The molecule has 0 aliphatic rings. The summed E-state index contributed by atoms with van der Waals surface area (Å²) in [5.74, 6) is -0.101. The lowest BCUT2D eigenvalue weighted by molar-refractivity contribution is 0.102. The number of hydrogen-bond donors (Lipinski definition) is 1. The highest BCUT2D eigenvalue weighted by atomic mass is 16.1. The summed E-state index contributed by atoms with van der Waals surface area (Å²) in [6.45, 7) is 8.36. The van der Waals surface area contributed by atoms with Gasteiger partial charge in [0.2, 0.25) is 0 Å². The van der Waals surface area contributed by atoms with Crippen LogP contribution in [0.15, 0.2) is 42.6 Å². The van der Waals surface area contributed by atoms with Gasteiger partial charge in [0.25, 0.3) is 5.91 Å². The summed E-state index contributed by atoms with van der Waals surface area (Å²) < 4.78 is 0. The summed E-state index contributed by atoms with van der Waals surface area (Å²) in [5.41, 5.74) is 3.62. The molecule has 0 aliphatic carbocycles. The molecule has 0 fully saturated rings. The molecule has 1 aromatic heterocycles. The Morgan fingerprint density at radius 2 is 1.75 bits per heavy atom. The van der Waals surface area contributed by atoms with Gasteiger partial charge >= 0.3 is 0 Å². The van der Waals surface area contributed by atoms with Crippen LogP contribution >= 0.6 is 0 Å². The summed E-state index contributed by atoms with van der Waals surface area (Å²) in [7, 11) is 0. The highest BCUT2D eigenvalue weighted by Crippen LogP contribution is 2.22. The molecule has 0 spiro atoms. The Labute approximate surface area is 120 Å². The van der Waals surface area contributed by atoms with Crippen molar-refractivity contribution >= 4 is 11.6 Å². The molecule has 104 valence electrons. The van der Waals surface area contributed by atoms with Crippen molar-refractivity contribution in [2.75, 3.05) is 5.32 Å². The molecule has 0 aliphatic heterocycles. The number of rotatable bonds is 2. The molecule has 3 nitrogen and oxygen atoms in total. The van der Waals surface area contributed by atoms with Crippen molar-refractivity contribution in [1.29, 1.82) is 0 Å². The summed E-state index contributed by atoms with van der Waals surface area (Å²) >= 11 is 0. The second-order valence-corrected chi connectivity index (χ2v) is 5.97. The largest absolute Gasteiger partial charge is 0.322 e. The first-order chi connectivity index (χ1) is 9.36. The monoisotopic (exact) mass is 268 g/mol.